The van der Waals surface area contributed by atoms with E-state index in [9.17, 15) is 34.2 Å². The molecule has 3 unspecified atom stereocenters. The summed E-state index contributed by atoms with van der Waals surface area (Å²) in [5.41, 5.74) is 9.43. The first kappa shape index (κ1) is 75.5. The van der Waals surface area contributed by atoms with E-state index in [0.717, 1.165) is 156 Å². The van der Waals surface area contributed by atoms with Crippen molar-refractivity contribution >= 4 is 85.1 Å². The van der Waals surface area contributed by atoms with E-state index in [1.165, 1.54) is 30.6 Å². The summed E-state index contributed by atoms with van der Waals surface area (Å²) in [6.07, 6.45) is 19.7. The number of aryl methyl sites for hydroxylation is 1. The number of carbonyl (C=O) groups is 5. The number of pyridine rings is 1. The molecule has 5 N–H and O–H groups in total. The summed E-state index contributed by atoms with van der Waals surface area (Å²) in [5, 5.41) is 46.2. The second-order valence-electron chi connectivity index (χ2n) is 33.6. The molecule has 0 spiro atoms. The van der Waals surface area contributed by atoms with Crippen LogP contribution in [-0.2, 0) is 36.9 Å². The third kappa shape index (κ3) is 16.8. The number of β-amino-alcohol motifs (C(OH)–C–C–N with tert-alkyl or cyclic N) is 1. The van der Waals surface area contributed by atoms with Gasteiger partial charge in [-0.1, -0.05) is 121 Å². The maximum atomic E-state index is 14.4. The van der Waals surface area contributed by atoms with Crippen LogP contribution < -0.4 is 20.9 Å². The summed E-state index contributed by atoms with van der Waals surface area (Å²) < 4.78 is 10.4. The van der Waals surface area contributed by atoms with Gasteiger partial charge in [0.25, 0.3) is 0 Å². The van der Waals surface area contributed by atoms with E-state index in [-0.39, 0.29) is 76.1 Å². The first-order chi connectivity index (χ1) is 50.2. The number of aromatic carboxylic acids is 1. The van der Waals surface area contributed by atoms with E-state index >= 15 is 0 Å². The van der Waals surface area contributed by atoms with Crippen LogP contribution in [0.1, 0.15) is 208 Å². The Hall–Kier alpha value is -7.77. The second kappa shape index (κ2) is 31.2. The van der Waals surface area contributed by atoms with Gasteiger partial charge in [0.1, 0.15) is 17.9 Å². The molecule has 4 bridgehead atoms. The number of thiazole rings is 2. The molecule has 7 aliphatic rings. The minimum atomic E-state index is -1.09. The van der Waals surface area contributed by atoms with Crippen molar-refractivity contribution in [3.05, 3.63) is 106 Å². The maximum absolute atomic E-state index is 14.4. The molecule has 4 amide bonds. The summed E-state index contributed by atoms with van der Waals surface area (Å²) in [6.45, 7) is 23.6. The topological polar surface area (TPSA) is 266 Å². The van der Waals surface area contributed by atoms with Crippen LogP contribution in [0.5, 0.6) is 0 Å². The number of benzene rings is 2. The molecule has 2 aromatic carbocycles. The summed E-state index contributed by atoms with van der Waals surface area (Å²) in [5.74, 6) is -0.399. The number of anilines is 4. The molecule has 4 aliphatic carbocycles. The Labute approximate surface area is 626 Å². The van der Waals surface area contributed by atoms with Crippen LogP contribution in [0.2, 0.25) is 0 Å². The predicted molar refractivity (Wildman–Crippen MR) is 412 cm³/mol. The van der Waals surface area contributed by atoms with Crippen molar-refractivity contribution in [1.82, 2.24) is 60.3 Å². The van der Waals surface area contributed by atoms with Crippen LogP contribution in [-0.4, -0.2) is 166 Å². The second-order valence-corrected chi connectivity index (χ2v) is 35.5. The summed E-state index contributed by atoms with van der Waals surface area (Å²) in [4.78, 5) is 91.5. The maximum Gasteiger partial charge on any atom is 0.355 e. The number of piperidine rings is 1. The number of carbonyl (C=O) groups excluding carboxylic acids is 4. The van der Waals surface area contributed by atoms with E-state index in [1.807, 2.05) is 118 Å². The summed E-state index contributed by atoms with van der Waals surface area (Å²) in [7, 11) is 2.22. The molecule has 105 heavy (non-hydrogen) atoms. The van der Waals surface area contributed by atoms with E-state index in [0.29, 0.717) is 68.5 Å². The lowest BCUT2D eigenvalue weighted by atomic mass is 9.39. The van der Waals surface area contributed by atoms with Crippen LogP contribution in [0.3, 0.4) is 0 Å². The molecule has 0 radical (unpaired) electrons. The molecule has 8 heterocycles. The Balaban J connectivity index is 0.510. The number of aromatic nitrogens is 7. The highest BCUT2D eigenvalue weighted by Gasteiger charge is 2.66. The first-order valence-electron chi connectivity index (χ1n) is 38.4. The molecule has 3 aliphatic heterocycles. The molecule has 6 fully saturated rings. The van der Waals surface area contributed by atoms with Crippen LogP contribution in [0.25, 0.3) is 31.8 Å². The van der Waals surface area contributed by atoms with E-state index in [2.05, 4.69) is 69.5 Å². The molecule has 2 saturated heterocycles. The molecule has 5 aromatic heterocycles. The van der Waals surface area contributed by atoms with Crippen molar-refractivity contribution in [2.75, 3.05) is 63.1 Å². The fourth-order valence-electron chi connectivity index (χ4n) is 19.3. The van der Waals surface area contributed by atoms with Crippen LogP contribution in [0.15, 0.2) is 72.4 Å². The molecular weight excluding hydrogens is 1360 g/mol. The number of fused-ring (bicyclic) bond motifs is 2. The fraction of sp³-hybridized carbons (Fsp3) is 0.593. The SMILES string of the molecule is Cc1ncsc1-c1ccc([C@H](C)NC(=O)[C@@H]2C[C@@H](O)CN2C(=O)C(NC(=O)C2CCN(C(=O)CCCCCCCCCCN(C)CCOC34CC5(C)CC(C)(CC(Cn6ncc(-c7ccc(N8CCCc9c8nnc(Nc8nc%10ccccc%10s8)c9C)nc7C(=O)O)c6C)(C5)C3)C4)CC2)C(C)(C)C)cc1. The number of aliphatic hydroxyl groups is 1. The Morgan fingerprint density at radius 3 is 2.21 bits per heavy atom. The average molecular weight is 1470 g/mol. The third-order valence-corrected chi connectivity index (χ3v) is 25.5. The number of para-hydroxylation sites is 1. The van der Waals surface area contributed by atoms with Crippen molar-refractivity contribution in [2.24, 2.45) is 27.6 Å². The lowest BCUT2D eigenvalue weighted by Crippen LogP contribution is -2.64. The highest BCUT2D eigenvalue weighted by atomic mass is 32.1. The number of carboxylic acids is 1. The standard InChI is InChI=1S/C81H108N14O8S2/c1-51-59-22-21-35-93(71(59)90-89-70(51)88-76-85-62-23-18-19-24-64(62)105-76)65-31-30-60(67(86-65)75(101)102)61-41-83-95(54(61)4)49-80-44-78(8)43-79(9,45-80)47-81(46-78,48-80)103-39-38-91(10)34-20-16-14-12-11-13-15-17-25-66(97)92-36-32-57(33-37-92)72(98)87-69(77(5,6)7)74(100)94-42-58(96)40-63(94)73(99)84-52(2)55-26-28-56(29-27-55)68-53(3)82-50-104-68/h18-19,23-24,26-31,41,50,52,57-58,63,69,96H,11-17,20-22,25,32-40,42-49H2,1-10H3,(H,84,99)(H,87,98)(H,101,102)(H,85,88,89)/t52-,58+,63-,69?,78?,79?,80?,81?/m0/s1. The van der Waals surface area contributed by atoms with Gasteiger partial charge in [0, 0.05) is 86.0 Å². The minimum Gasteiger partial charge on any atom is -0.476 e. The van der Waals surface area contributed by atoms with Gasteiger partial charge in [0.2, 0.25) is 23.6 Å². The minimum absolute atomic E-state index is 0.000428. The number of carboxylic acid groups (broad SMARTS) is 1. The zero-order valence-electron chi connectivity index (χ0n) is 63.2. The number of nitrogens with zero attached hydrogens (tertiary/aromatic N) is 11. The predicted octanol–water partition coefficient (Wildman–Crippen LogP) is 14.1. The normalized spacial score (nSPS) is 23.6. The Morgan fingerprint density at radius 2 is 1.51 bits per heavy atom. The van der Waals surface area contributed by atoms with Gasteiger partial charge in [-0.3, -0.25) is 23.9 Å². The van der Waals surface area contributed by atoms with Crippen LogP contribution in [0.4, 0.5) is 22.6 Å². The molecule has 22 nitrogen and oxygen atoms in total. The van der Waals surface area contributed by atoms with Gasteiger partial charge in [-0.15, -0.1) is 21.5 Å². The quantitative estimate of drug-likeness (QED) is 0.0273. The van der Waals surface area contributed by atoms with Gasteiger partial charge >= 0.3 is 5.97 Å². The number of ether oxygens (including phenoxy) is 1. The van der Waals surface area contributed by atoms with E-state index < -0.39 is 29.6 Å². The van der Waals surface area contributed by atoms with Gasteiger partial charge in [-0.25, -0.2) is 19.7 Å². The van der Waals surface area contributed by atoms with Crippen molar-refractivity contribution in [3.8, 4) is 21.6 Å². The first-order valence-corrected chi connectivity index (χ1v) is 40.1. The molecule has 24 heteroatoms. The number of nitrogens with one attached hydrogen (secondary N) is 3. The van der Waals surface area contributed by atoms with E-state index in [4.69, 9.17) is 24.9 Å². The molecular formula is C81H108N14O8S2. The molecule has 7 aromatic rings. The number of likely N-dealkylation sites (N-methyl/N-ethyl adjacent to an activating group) is 1. The number of aliphatic hydroxyl groups excluding tert-OH is 1. The Kier molecular flexibility index (Phi) is 22.4. The van der Waals surface area contributed by atoms with Crippen LogP contribution >= 0.6 is 22.7 Å². The number of hydrogen-bond donors (Lipinski definition) is 5. The monoisotopic (exact) mass is 1470 g/mol. The van der Waals surface area contributed by atoms with Crippen molar-refractivity contribution in [3.63, 3.8) is 0 Å². The highest BCUT2D eigenvalue weighted by Crippen LogP contribution is 2.72. The van der Waals surface area contributed by atoms with Crippen molar-refractivity contribution in [1.29, 1.82) is 0 Å². The average Bonchev–Trinajstić information content (AvgIpc) is 1.68. The lowest BCUT2D eigenvalue weighted by molar-refractivity contribution is -0.248. The number of rotatable bonds is 29. The number of amides is 4. The molecule has 4 saturated carbocycles. The highest BCUT2D eigenvalue weighted by molar-refractivity contribution is 7.22. The molecule has 14 rings (SSSR count). The summed E-state index contributed by atoms with van der Waals surface area (Å²) >= 11 is 3.15. The zero-order valence-corrected chi connectivity index (χ0v) is 64.8. The van der Waals surface area contributed by atoms with Gasteiger partial charge in [0.15, 0.2) is 22.5 Å². The lowest BCUT2D eigenvalue weighted by Gasteiger charge is -2.69. The van der Waals surface area contributed by atoms with Gasteiger partial charge in [0.05, 0.1) is 56.8 Å². The number of likely N-dealkylation sites (tertiary alicyclic amines) is 2. The van der Waals surface area contributed by atoms with Gasteiger partial charge in [-0.05, 0) is 175 Å². The fourth-order valence-corrected chi connectivity index (χ4v) is 21.0. The van der Waals surface area contributed by atoms with Gasteiger partial charge in [-0.2, -0.15) is 5.10 Å². The van der Waals surface area contributed by atoms with Gasteiger partial charge < -0.3 is 50.5 Å². The van der Waals surface area contributed by atoms with Crippen molar-refractivity contribution in [2.45, 2.75) is 227 Å². The van der Waals surface area contributed by atoms with Crippen LogP contribution in [0, 0.1) is 48.3 Å². The van der Waals surface area contributed by atoms with E-state index in [1.54, 1.807) is 22.7 Å². The zero-order chi connectivity index (χ0) is 74.2. The largest absolute Gasteiger partial charge is 0.476 e. The smallest absolute Gasteiger partial charge is 0.355 e. The molecule has 562 valence electrons. The Morgan fingerprint density at radius 1 is 0.800 bits per heavy atom. The van der Waals surface area contributed by atoms with Crippen molar-refractivity contribution < 1.29 is 38.9 Å². The number of unbranched alkanes of at least 4 members (excludes halogenated alkanes) is 7. The third-order valence-electron chi connectivity index (χ3n) is 23.6. The molecule has 6 atom stereocenters. The Bertz CT molecular complexity index is 4260. The summed E-state index contributed by atoms with van der Waals surface area (Å²) in [6, 6.07) is 17.7. The number of hydrogen-bond acceptors (Lipinski definition) is 18.